The maximum Gasteiger partial charge on any atom is 0.487 e. The number of carbonyl (C=O) groups is 4. The van der Waals surface area contributed by atoms with Crippen molar-refractivity contribution in [2.45, 2.75) is 78.4 Å². The largest absolute Gasteiger partial charge is 0.487 e. The minimum Gasteiger partial charge on any atom is -0.460 e. The first kappa shape index (κ1) is 34.9. The Morgan fingerprint density at radius 2 is 1.53 bits per heavy atom. The molecule has 214 valence electrons. The molecule has 0 saturated carbocycles. The van der Waals surface area contributed by atoms with E-state index in [2.05, 4.69) is 17.9 Å². The van der Waals surface area contributed by atoms with Crippen LogP contribution in [0.1, 0.15) is 72.1 Å². The number of rotatable bonds is 10. The lowest BCUT2D eigenvalue weighted by molar-refractivity contribution is -0.150. The molecule has 0 radical (unpaired) electrons. The number of esters is 2. The monoisotopic (exact) mass is 537 g/mol. The van der Waals surface area contributed by atoms with E-state index in [4.69, 9.17) is 21.2 Å². The first-order valence-corrected chi connectivity index (χ1v) is 13.1. The Balaban J connectivity index is 0.000000604. The summed E-state index contributed by atoms with van der Waals surface area (Å²) >= 11 is 0. The van der Waals surface area contributed by atoms with E-state index in [0.29, 0.717) is 18.4 Å². The highest BCUT2D eigenvalue weighted by molar-refractivity contribution is 5.87. The molecular formula is C28H45N2O8+. The van der Waals surface area contributed by atoms with Crippen LogP contribution in [0, 0.1) is 6.58 Å². The molecule has 1 unspecified atom stereocenters. The number of ether oxygens (including phenoxy) is 3. The Morgan fingerprint density at radius 3 is 2.08 bits per heavy atom. The number of carbonyl (C=O) groups excluding carboxylic acids is 4. The predicted molar refractivity (Wildman–Crippen MR) is 143 cm³/mol. The first-order chi connectivity index (χ1) is 18.0. The van der Waals surface area contributed by atoms with E-state index in [1.165, 1.54) is 13.3 Å². The highest BCUT2D eigenvalue weighted by Crippen LogP contribution is 2.14. The summed E-state index contributed by atoms with van der Waals surface area (Å²) in [4.78, 5) is 48.0. The second-order valence-electron chi connectivity index (χ2n) is 8.91. The van der Waals surface area contributed by atoms with Gasteiger partial charge in [0, 0.05) is 38.4 Å². The van der Waals surface area contributed by atoms with Gasteiger partial charge in [-0.25, -0.2) is 4.79 Å². The third-order valence-electron chi connectivity index (χ3n) is 5.55. The van der Waals surface area contributed by atoms with E-state index in [-0.39, 0.29) is 50.0 Å². The van der Waals surface area contributed by atoms with Gasteiger partial charge in [-0.15, -0.1) is 4.79 Å². The molecule has 2 aliphatic heterocycles. The minimum atomic E-state index is -0.566. The molecular weight excluding hydrogens is 492 g/mol. The standard InChI is InChI=1S/C14H23NO4.C8H13NO.C6H9O3/c1-11(2)14(17)19-10-9-18-12(3)15-8-6-4-5-7-13(15)16;1-2-9-7-5-3-4-6-8(9)10;1-5(2)6(8)9-4-3-7/h12H,1,4-10H2,2-3H3;2H,1,3-7H2;1,7H,3-4H2,2H3/q;;+1. The fourth-order valence-corrected chi connectivity index (χ4v) is 3.40. The van der Waals surface area contributed by atoms with Gasteiger partial charge in [-0.1, -0.05) is 26.0 Å². The average Bonchev–Trinajstić information content (AvgIpc) is 3.24. The van der Waals surface area contributed by atoms with Gasteiger partial charge < -0.3 is 29.1 Å². The van der Waals surface area contributed by atoms with Crippen LogP contribution in [0.15, 0.2) is 30.5 Å². The van der Waals surface area contributed by atoms with Gasteiger partial charge in [0.05, 0.1) is 19.8 Å². The minimum absolute atomic E-state index is 0.00731. The van der Waals surface area contributed by atoms with Crippen LogP contribution < -0.4 is 0 Å². The summed E-state index contributed by atoms with van der Waals surface area (Å²) in [5, 5.41) is 8.17. The second-order valence-corrected chi connectivity index (χ2v) is 8.91. The van der Waals surface area contributed by atoms with E-state index in [0.717, 1.165) is 45.2 Å². The number of nitrogens with zero attached hydrogens (tertiary/aromatic N) is 2. The number of aliphatic hydroxyl groups is 1. The lowest BCUT2D eigenvalue weighted by Crippen LogP contribution is -2.40. The SMILES string of the molecule is C=C(C)C(=O)OCCOC(C)N1CCCCCC1=O.C=CN1CCCCCC1=O.[CH+]=C(C)C(=O)OCCO. The van der Waals surface area contributed by atoms with Crippen LogP contribution in [0.3, 0.4) is 0 Å². The molecule has 2 heterocycles. The number of hydrogen-bond donors (Lipinski definition) is 1. The van der Waals surface area contributed by atoms with Crippen molar-refractivity contribution >= 4 is 23.8 Å². The van der Waals surface area contributed by atoms with Crippen LogP contribution in [0.4, 0.5) is 0 Å². The Kier molecular flexibility index (Phi) is 19.2. The summed E-state index contributed by atoms with van der Waals surface area (Å²) in [6, 6.07) is 0. The zero-order chi connectivity index (χ0) is 28.9. The van der Waals surface area contributed by atoms with Gasteiger partial charge in [-0.05, 0) is 45.7 Å². The normalized spacial score (nSPS) is 16.3. The molecule has 2 fully saturated rings. The van der Waals surface area contributed by atoms with Crippen molar-refractivity contribution in [3.63, 3.8) is 0 Å². The Bertz CT molecular complexity index is 796. The fraction of sp³-hybridized carbons (Fsp3) is 0.643. The maximum atomic E-state index is 11.8. The van der Waals surface area contributed by atoms with Gasteiger partial charge in [0.15, 0.2) is 0 Å². The highest BCUT2D eigenvalue weighted by Gasteiger charge is 2.22. The number of amides is 2. The molecule has 1 atom stereocenters. The highest BCUT2D eigenvalue weighted by atomic mass is 16.6. The van der Waals surface area contributed by atoms with E-state index < -0.39 is 11.9 Å². The Labute approximate surface area is 227 Å². The lowest BCUT2D eigenvalue weighted by atomic mass is 10.2. The fourth-order valence-electron chi connectivity index (χ4n) is 3.40. The van der Waals surface area contributed by atoms with Crippen molar-refractivity contribution < 1.29 is 38.5 Å². The van der Waals surface area contributed by atoms with Gasteiger partial charge in [-0.2, -0.15) is 0 Å². The summed E-state index contributed by atoms with van der Waals surface area (Å²) in [6.45, 7) is 18.9. The van der Waals surface area contributed by atoms with Crippen LogP contribution in [-0.4, -0.2) is 84.4 Å². The molecule has 1 N–H and O–H groups in total. The molecule has 38 heavy (non-hydrogen) atoms. The van der Waals surface area contributed by atoms with E-state index >= 15 is 0 Å². The molecule has 10 heteroatoms. The maximum absolute atomic E-state index is 11.8. The Hall–Kier alpha value is -3.07. The quantitative estimate of drug-likeness (QED) is 0.195. The Morgan fingerprint density at radius 1 is 0.947 bits per heavy atom. The molecule has 0 aromatic heterocycles. The van der Waals surface area contributed by atoms with Crippen molar-refractivity contribution in [3.05, 3.63) is 37.1 Å². The predicted octanol–water partition coefficient (Wildman–Crippen LogP) is 3.30. The molecule has 2 aliphatic rings. The zero-order valence-corrected chi connectivity index (χ0v) is 23.2. The van der Waals surface area contributed by atoms with Gasteiger partial charge in [0.25, 0.3) is 0 Å². The van der Waals surface area contributed by atoms with Gasteiger partial charge in [0.2, 0.25) is 17.4 Å². The summed E-state index contributed by atoms with van der Waals surface area (Å²) in [5.74, 6) is -0.609. The third kappa shape index (κ3) is 15.9. The summed E-state index contributed by atoms with van der Waals surface area (Å²) < 4.78 is 14.9. The molecule has 0 spiro atoms. The van der Waals surface area contributed by atoms with Crippen molar-refractivity contribution in [1.82, 2.24) is 9.80 Å². The van der Waals surface area contributed by atoms with Crippen LogP contribution in [0.5, 0.6) is 0 Å². The molecule has 2 amide bonds. The second kappa shape index (κ2) is 20.9. The van der Waals surface area contributed by atoms with E-state index in [1.807, 2.05) is 6.92 Å². The molecule has 2 rings (SSSR count). The van der Waals surface area contributed by atoms with Crippen LogP contribution in [-0.2, 0) is 33.4 Å². The van der Waals surface area contributed by atoms with Gasteiger partial charge in [0.1, 0.15) is 19.4 Å². The van der Waals surface area contributed by atoms with Crippen molar-refractivity contribution in [1.29, 1.82) is 0 Å². The first-order valence-electron chi connectivity index (χ1n) is 13.1. The summed E-state index contributed by atoms with van der Waals surface area (Å²) in [6.07, 6.45) is 9.07. The van der Waals surface area contributed by atoms with Crippen LogP contribution >= 0.6 is 0 Å². The van der Waals surface area contributed by atoms with E-state index in [9.17, 15) is 19.2 Å². The molecule has 2 saturated heterocycles. The smallest absolute Gasteiger partial charge is 0.460 e. The van der Waals surface area contributed by atoms with Crippen LogP contribution in [0.2, 0.25) is 0 Å². The number of aliphatic hydroxyl groups excluding tert-OH is 1. The molecule has 10 nitrogen and oxygen atoms in total. The topological polar surface area (TPSA) is 123 Å². The average molecular weight is 538 g/mol. The third-order valence-corrected chi connectivity index (χ3v) is 5.55. The van der Waals surface area contributed by atoms with Crippen molar-refractivity contribution in [3.8, 4) is 0 Å². The van der Waals surface area contributed by atoms with Crippen LogP contribution in [0.25, 0.3) is 0 Å². The summed E-state index contributed by atoms with van der Waals surface area (Å²) in [5.41, 5.74) is 0.471. The van der Waals surface area contributed by atoms with Gasteiger partial charge in [-0.3, -0.25) is 9.59 Å². The number of hydrogen-bond acceptors (Lipinski definition) is 8. The lowest BCUT2D eigenvalue weighted by Gasteiger charge is -2.27. The van der Waals surface area contributed by atoms with Crippen molar-refractivity contribution in [2.75, 3.05) is 39.5 Å². The summed E-state index contributed by atoms with van der Waals surface area (Å²) in [7, 11) is 0. The molecule has 0 aromatic rings. The molecule has 0 aliphatic carbocycles. The van der Waals surface area contributed by atoms with Crippen molar-refractivity contribution in [2.24, 2.45) is 0 Å². The molecule has 0 bridgehead atoms. The zero-order valence-electron chi connectivity index (χ0n) is 23.2. The molecule has 0 aromatic carbocycles. The number of likely N-dealkylation sites (tertiary alicyclic amines) is 2. The van der Waals surface area contributed by atoms with E-state index in [1.54, 1.807) is 22.9 Å². The van der Waals surface area contributed by atoms with Gasteiger partial charge >= 0.3 is 11.9 Å².